The maximum Gasteiger partial charge on any atom is -0.00262 e. The van der Waals surface area contributed by atoms with Gasteiger partial charge in [0.1, 0.15) is 0 Å². The van der Waals surface area contributed by atoms with Crippen molar-refractivity contribution >= 4 is 51.0 Å². The maximum atomic E-state index is 2.41. The van der Waals surface area contributed by atoms with E-state index in [0.717, 1.165) is 12.8 Å². The molecule has 0 amide bonds. The van der Waals surface area contributed by atoms with Crippen molar-refractivity contribution in [2.75, 3.05) is 0 Å². The summed E-state index contributed by atoms with van der Waals surface area (Å²) in [5.41, 5.74) is 7.72. The lowest BCUT2D eigenvalue weighted by molar-refractivity contribution is 1.04. The Balaban J connectivity index is 1.29. The molecule has 0 nitrogen and oxygen atoms in total. The fraction of sp³-hybridized carbons (Fsp3) is 0.0455. The van der Waals surface area contributed by atoms with Gasteiger partial charge in [0, 0.05) is 0 Å². The lowest BCUT2D eigenvalue weighted by atomic mass is 9.84. The Labute approximate surface area is 266 Å². The van der Waals surface area contributed by atoms with E-state index in [0.29, 0.717) is 0 Å². The van der Waals surface area contributed by atoms with Crippen molar-refractivity contribution in [3.63, 3.8) is 0 Å². The second-order valence-electron chi connectivity index (χ2n) is 11.6. The van der Waals surface area contributed by atoms with Crippen molar-refractivity contribution in [1.29, 1.82) is 0 Å². The zero-order valence-corrected chi connectivity index (χ0v) is 26.0. The summed E-state index contributed by atoms with van der Waals surface area (Å²) in [5.74, 6) is 0. The highest BCUT2D eigenvalue weighted by atomic mass is 31.1. The van der Waals surface area contributed by atoms with Gasteiger partial charge < -0.3 is 0 Å². The van der Waals surface area contributed by atoms with E-state index < -0.39 is 7.92 Å². The highest BCUT2D eigenvalue weighted by Crippen LogP contribution is 2.43. The minimum Gasteiger partial charge on any atom is -0.0836 e. The zero-order chi connectivity index (χ0) is 30.0. The van der Waals surface area contributed by atoms with Gasteiger partial charge in [-0.3, -0.25) is 0 Å². The van der Waals surface area contributed by atoms with Gasteiger partial charge in [0.2, 0.25) is 0 Å². The molecule has 0 heterocycles. The van der Waals surface area contributed by atoms with Crippen molar-refractivity contribution in [1.82, 2.24) is 0 Å². The molecule has 0 unspecified atom stereocenters. The lowest BCUT2D eigenvalue weighted by Gasteiger charge is -2.20. The fourth-order valence-corrected chi connectivity index (χ4v) is 9.17. The highest BCUT2D eigenvalue weighted by Gasteiger charge is 2.19. The number of fused-ring (bicyclic) bond motifs is 2. The van der Waals surface area contributed by atoms with Crippen LogP contribution in [-0.4, -0.2) is 0 Å². The number of benzene rings is 7. The first-order valence-electron chi connectivity index (χ1n) is 15.8. The number of hydrogen-bond acceptors (Lipinski definition) is 0. The predicted octanol–water partition coefficient (Wildman–Crippen LogP) is 10.8. The molecule has 45 heavy (non-hydrogen) atoms. The van der Waals surface area contributed by atoms with Crippen molar-refractivity contribution in [2.24, 2.45) is 0 Å². The monoisotopic (exact) mass is 592 g/mol. The molecule has 1 aliphatic carbocycles. The van der Waals surface area contributed by atoms with E-state index in [-0.39, 0.29) is 0 Å². The smallest absolute Gasteiger partial charge is 0.00262 e. The molecule has 7 aromatic carbocycles. The summed E-state index contributed by atoms with van der Waals surface area (Å²) in [4.78, 5) is 0. The molecular formula is C44H33P. The molecule has 0 radical (unpaired) electrons. The molecule has 1 aliphatic rings. The summed E-state index contributed by atoms with van der Waals surface area (Å²) < 4.78 is 0. The van der Waals surface area contributed by atoms with E-state index in [1.807, 2.05) is 0 Å². The Hall–Kier alpha value is -5.03. The lowest BCUT2D eigenvalue weighted by Crippen LogP contribution is -2.20. The van der Waals surface area contributed by atoms with Crippen LogP contribution >= 0.6 is 7.92 Å². The van der Waals surface area contributed by atoms with Crippen LogP contribution in [0.4, 0.5) is 0 Å². The molecule has 0 N–H and O–H groups in total. The second-order valence-corrected chi connectivity index (χ2v) is 13.8. The summed E-state index contributed by atoms with van der Waals surface area (Å²) in [6.45, 7) is 0. The van der Waals surface area contributed by atoms with Gasteiger partial charge in [0.05, 0.1) is 0 Å². The van der Waals surface area contributed by atoms with Crippen LogP contribution in [0.25, 0.3) is 49.4 Å². The summed E-state index contributed by atoms with van der Waals surface area (Å²) in [7, 11) is -0.672. The molecule has 7 aromatic rings. The van der Waals surface area contributed by atoms with Crippen LogP contribution in [0.2, 0.25) is 0 Å². The third kappa shape index (κ3) is 5.22. The molecule has 0 bridgehead atoms. The second kappa shape index (κ2) is 12.2. The van der Waals surface area contributed by atoms with Gasteiger partial charge in [-0.15, -0.1) is 0 Å². The van der Waals surface area contributed by atoms with E-state index in [9.17, 15) is 0 Å². The summed E-state index contributed by atoms with van der Waals surface area (Å²) in [5, 5.41) is 9.32. The van der Waals surface area contributed by atoms with Gasteiger partial charge in [-0.05, 0) is 104 Å². The molecule has 0 atom stereocenters. The summed E-state index contributed by atoms with van der Waals surface area (Å²) in [6.07, 6.45) is 9.23. The first-order chi connectivity index (χ1) is 22.3. The SMILES string of the molecule is C1=CC(c2c3ccccc3c(-c3cccc(-c4cccc(P(c5ccccc5)c5ccccc5)c4)c3)c3ccccc23)=CCC1. The van der Waals surface area contributed by atoms with Gasteiger partial charge in [-0.25, -0.2) is 0 Å². The quantitative estimate of drug-likeness (QED) is 0.133. The Morgan fingerprint density at radius 3 is 1.44 bits per heavy atom. The van der Waals surface area contributed by atoms with E-state index in [4.69, 9.17) is 0 Å². The van der Waals surface area contributed by atoms with Gasteiger partial charge in [0.25, 0.3) is 0 Å². The zero-order valence-electron chi connectivity index (χ0n) is 25.1. The van der Waals surface area contributed by atoms with Crippen LogP contribution in [0.3, 0.4) is 0 Å². The summed E-state index contributed by atoms with van der Waals surface area (Å²) >= 11 is 0. The Bertz CT molecular complexity index is 2110. The van der Waals surface area contributed by atoms with Crippen molar-refractivity contribution in [3.05, 3.63) is 182 Å². The average molecular weight is 593 g/mol. The number of hydrogen-bond donors (Lipinski definition) is 0. The predicted molar refractivity (Wildman–Crippen MR) is 197 cm³/mol. The van der Waals surface area contributed by atoms with E-state index >= 15 is 0 Å². The first-order valence-corrected chi connectivity index (χ1v) is 17.1. The minimum atomic E-state index is -0.672. The van der Waals surface area contributed by atoms with Crippen LogP contribution in [-0.2, 0) is 0 Å². The molecule has 0 saturated heterocycles. The van der Waals surface area contributed by atoms with Crippen molar-refractivity contribution in [2.45, 2.75) is 12.8 Å². The molecule has 0 aliphatic heterocycles. The van der Waals surface area contributed by atoms with E-state index in [2.05, 4.69) is 176 Å². The Kier molecular flexibility index (Phi) is 7.44. The van der Waals surface area contributed by atoms with E-state index in [1.54, 1.807) is 0 Å². The van der Waals surface area contributed by atoms with Crippen molar-refractivity contribution in [3.8, 4) is 22.3 Å². The molecule has 8 rings (SSSR count). The molecule has 0 aromatic heterocycles. The van der Waals surface area contributed by atoms with Gasteiger partial charge >= 0.3 is 0 Å². The van der Waals surface area contributed by atoms with Gasteiger partial charge in [-0.2, -0.15) is 0 Å². The van der Waals surface area contributed by atoms with Crippen LogP contribution in [0, 0.1) is 0 Å². The number of rotatable bonds is 6. The van der Waals surface area contributed by atoms with Gasteiger partial charge in [-0.1, -0.05) is 164 Å². The summed E-state index contributed by atoms with van der Waals surface area (Å²) in [6, 6.07) is 58.1. The Morgan fingerprint density at radius 2 is 0.867 bits per heavy atom. The van der Waals surface area contributed by atoms with Crippen molar-refractivity contribution < 1.29 is 0 Å². The maximum absolute atomic E-state index is 2.41. The standard InChI is InChI=1S/C44H33P/c1-4-16-32(17-5-1)43-39-26-10-12-28-41(39)44(42-29-13-11-27-40(42)43)35-20-14-18-33(30-35)34-19-15-25-38(31-34)45(36-21-6-2-7-22-36)37-23-8-3-9-24-37/h2-4,6-31H,1,5H2. The highest BCUT2D eigenvalue weighted by molar-refractivity contribution is 7.79. The Morgan fingerprint density at radius 1 is 0.378 bits per heavy atom. The average Bonchev–Trinajstić information content (AvgIpc) is 3.12. The molecular weight excluding hydrogens is 559 g/mol. The normalized spacial score (nSPS) is 13.0. The first kappa shape index (κ1) is 27.5. The molecule has 0 fully saturated rings. The molecule has 0 spiro atoms. The number of allylic oxidation sites excluding steroid dienone is 4. The minimum absolute atomic E-state index is 0.672. The topological polar surface area (TPSA) is 0 Å². The third-order valence-corrected chi connectivity index (χ3v) is 11.3. The fourth-order valence-electron chi connectivity index (χ4n) is 6.83. The molecule has 214 valence electrons. The van der Waals surface area contributed by atoms with Crippen LogP contribution < -0.4 is 15.9 Å². The molecule has 1 heteroatoms. The molecule has 0 saturated carbocycles. The van der Waals surface area contributed by atoms with Crippen LogP contribution in [0.1, 0.15) is 18.4 Å². The van der Waals surface area contributed by atoms with E-state index in [1.165, 1.54) is 70.8 Å². The van der Waals surface area contributed by atoms with Crippen LogP contribution in [0.5, 0.6) is 0 Å². The third-order valence-electron chi connectivity index (χ3n) is 8.83. The van der Waals surface area contributed by atoms with Gasteiger partial charge in [0.15, 0.2) is 0 Å². The largest absolute Gasteiger partial charge is 0.0836 e. The van der Waals surface area contributed by atoms with Crippen LogP contribution in [0.15, 0.2) is 176 Å².